The topological polar surface area (TPSA) is 113 Å². The molecular formula is C27H28N2O7. The number of carbonyl (C=O) groups excluding carboxylic acids is 2. The maximum atomic E-state index is 13.7. The average molecular weight is 493 g/mol. The number of hydrogen-bond donors (Lipinski definition) is 2. The Hall–Kier alpha value is -3.82. The summed E-state index contributed by atoms with van der Waals surface area (Å²) in [5.74, 6) is -1.60. The highest BCUT2D eigenvalue weighted by molar-refractivity contribution is 6.16. The first-order valence-electron chi connectivity index (χ1n) is 11.9. The molecule has 9 heteroatoms. The molecule has 188 valence electrons. The molecule has 2 aromatic carbocycles. The Bertz CT molecular complexity index is 1290. The molecule has 0 bridgehead atoms. The Morgan fingerprint density at radius 2 is 1.86 bits per heavy atom. The van der Waals surface area contributed by atoms with Gasteiger partial charge in [-0.3, -0.25) is 14.5 Å². The number of morpholine rings is 1. The van der Waals surface area contributed by atoms with E-state index in [1.165, 1.54) is 18.1 Å². The summed E-state index contributed by atoms with van der Waals surface area (Å²) < 4.78 is 16.4. The summed E-state index contributed by atoms with van der Waals surface area (Å²) in [6.45, 7) is 4.09. The van der Waals surface area contributed by atoms with Crippen molar-refractivity contribution in [2.24, 2.45) is 0 Å². The molecule has 0 spiro atoms. The van der Waals surface area contributed by atoms with Gasteiger partial charge in [-0.15, -0.1) is 0 Å². The smallest absolute Gasteiger partial charge is 0.290 e. The molecule has 0 aliphatic carbocycles. The third-order valence-corrected chi connectivity index (χ3v) is 6.69. The van der Waals surface area contributed by atoms with E-state index in [9.17, 15) is 19.8 Å². The largest absolute Gasteiger partial charge is 0.504 e. The Morgan fingerprint density at radius 3 is 2.61 bits per heavy atom. The van der Waals surface area contributed by atoms with E-state index in [-0.39, 0.29) is 22.8 Å². The first kappa shape index (κ1) is 23.9. The van der Waals surface area contributed by atoms with Crippen molar-refractivity contribution in [3.05, 3.63) is 71.2 Å². The van der Waals surface area contributed by atoms with Crippen LogP contribution in [0.1, 0.15) is 28.6 Å². The van der Waals surface area contributed by atoms with Crippen molar-refractivity contribution in [3.63, 3.8) is 0 Å². The van der Waals surface area contributed by atoms with Crippen molar-refractivity contribution in [2.45, 2.75) is 12.5 Å². The average Bonchev–Trinajstić information content (AvgIpc) is 3.44. The second kappa shape index (κ2) is 10.0. The number of phenolic OH excluding ortho intramolecular Hbond substituents is 1. The second-order valence-electron chi connectivity index (χ2n) is 8.88. The zero-order chi connectivity index (χ0) is 25.2. The van der Waals surface area contributed by atoms with Crippen molar-refractivity contribution < 1.29 is 33.7 Å². The normalized spacial score (nSPS) is 18.9. The van der Waals surface area contributed by atoms with Gasteiger partial charge in [0, 0.05) is 31.6 Å². The molecule has 0 radical (unpaired) electrons. The number of carbonyl (C=O) groups is 2. The minimum atomic E-state index is -0.864. The van der Waals surface area contributed by atoms with Crippen LogP contribution in [0, 0.1) is 0 Å². The van der Waals surface area contributed by atoms with E-state index < -0.39 is 23.5 Å². The van der Waals surface area contributed by atoms with Gasteiger partial charge in [-0.1, -0.05) is 24.3 Å². The number of aromatic hydroxyl groups is 1. The number of hydrogen-bond acceptors (Lipinski definition) is 8. The SMILES string of the molecule is COc1cc(C2C(C(=O)c3cc4ccccc4o3)=C(O)C(=O)N2CCCN2CCOCC2)ccc1O. The molecule has 2 aliphatic rings. The highest BCUT2D eigenvalue weighted by atomic mass is 16.5. The maximum Gasteiger partial charge on any atom is 0.290 e. The first-order chi connectivity index (χ1) is 17.5. The minimum Gasteiger partial charge on any atom is -0.504 e. The Balaban J connectivity index is 1.48. The van der Waals surface area contributed by atoms with Crippen LogP contribution in [0.25, 0.3) is 11.0 Å². The van der Waals surface area contributed by atoms with Crippen LogP contribution in [0.15, 0.2) is 64.3 Å². The lowest BCUT2D eigenvalue weighted by atomic mass is 9.94. The van der Waals surface area contributed by atoms with E-state index in [1.54, 1.807) is 30.3 Å². The highest BCUT2D eigenvalue weighted by Crippen LogP contribution is 2.42. The van der Waals surface area contributed by atoms with Crippen LogP contribution < -0.4 is 4.74 Å². The molecule has 5 rings (SSSR count). The molecule has 3 aromatic rings. The quantitative estimate of drug-likeness (QED) is 0.460. The van der Waals surface area contributed by atoms with Crippen molar-refractivity contribution in [1.82, 2.24) is 9.80 Å². The van der Waals surface area contributed by atoms with Crippen molar-refractivity contribution >= 4 is 22.7 Å². The third kappa shape index (κ3) is 4.43. The molecular weight excluding hydrogens is 464 g/mol. The lowest BCUT2D eigenvalue weighted by Crippen LogP contribution is -2.39. The number of para-hydroxylation sites is 1. The fourth-order valence-corrected chi connectivity index (χ4v) is 4.84. The third-order valence-electron chi connectivity index (χ3n) is 6.69. The van der Waals surface area contributed by atoms with Gasteiger partial charge in [-0.2, -0.15) is 0 Å². The predicted octanol–water partition coefficient (Wildman–Crippen LogP) is 3.45. The van der Waals surface area contributed by atoms with Crippen LogP contribution in [0.4, 0.5) is 0 Å². The number of benzene rings is 2. The van der Waals surface area contributed by atoms with Gasteiger partial charge in [0.2, 0.25) is 5.78 Å². The molecule has 2 aliphatic heterocycles. The number of phenols is 1. The number of Topliss-reactive ketones (excluding diaryl/α,β-unsaturated/α-hetero) is 1. The van der Waals surface area contributed by atoms with Crippen molar-refractivity contribution in [3.8, 4) is 11.5 Å². The van der Waals surface area contributed by atoms with Gasteiger partial charge < -0.3 is 29.0 Å². The molecule has 1 saturated heterocycles. The Kier molecular flexibility index (Phi) is 6.67. The summed E-state index contributed by atoms with van der Waals surface area (Å²) in [6.07, 6.45) is 0.650. The Morgan fingerprint density at radius 1 is 1.08 bits per heavy atom. The summed E-state index contributed by atoms with van der Waals surface area (Å²) in [7, 11) is 1.42. The lowest BCUT2D eigenvalue weighted by molar-refractivity contribution is -0.129. The van der Waals surface area contributed by atoms with E-state index in [4.69, 9.17) is 13.9 Å². The van der Waals surface area contributed by atoms with Gasteiger partial charge in [0.25, 0.3) is 5.91 Å². The van der Waals surface area contributed by atoms with Gasteiger partial charge in [-0.05, 0) is 36.2 Å². The lowest BCUT2D eigenvalue weighted by Gasteiger charge is -2.30. The van der Waals surface area contributed by atoms with E-state index in [0.717, 1.165) is 25.0 Å². The number of rotatable bonds is 8. The van der Waals surface area contributed by atoms with Gasteiger partial charge in [0.15, 0.2) is 23.0 Å². The highest BCUT2D eigenvalue weighted by Gasteiger charge is 2.44. The molecule has 1 unspecified atom stereocenters. The number of aliphatic hydroxyl groups excluding tert-OH is 1. The maximum absolute atomic E-state index is 13.7. The number of methoxy groups -OCH3 is 1. The number of fused-ring (bicyclic) bond motifs is 1. The summed E-state index contributed by atoms with van der Waals surface area (Å²) >= 11 is 0. The second-order valence-corrected chi connectivity index (χ2v) is 8.88. The molecule has 1 amide bonds. The summed E-state index contributed by atoms with van der Waals surface area (Å²) in [4.78, 5) is 30.6. The van der Waals surface area contributed by atoms with Crippen molar-refractivity contribution in [2.75, 3.05) is 46.5 Å². The van der Waals surface area contributed by atoms with Crippen LogP contribution >= 0.6 is 0 Å². The molecule has 3 heterocycles. The fraction of sp³-hybridized carbons (Fsp3) is 0.333. The number of ketones is 1. The monoisotopic (exact) mass is 492 g/mol. The van der Waals surface area contributed by atoms with E-state index in [0.29, 0.717) is 37.3 Å². The van der Waals surface area contributed by atoms with Gasteiger partial charge >= 0.3 is 0 Å². The molecule has 1 fully saturated rings. The zero-order valence-electron chi connectivity index (χ0n) is 20.0. The molecule has 0 saturated carbocycles. The zero-order valence-corrected chi connectivity index (χ0v) is 20.0. The van der Waals surface area contributed by atoms with E-state index >= 15 is 0 Å². The van der Waals surface area contributed by atoms with Crippen LogP contribution in [-0.4, -0.2) is 78.2 Å². The predicted molar refractivity (Wildman–Crippen MR) is 131 cm³/mol. The van der Waals surface area contributed by atoms with Crippen LogP contribution in [-0.2, 0) is 9.53 Å². The molecule has 2 N–H and O–H groups in total. The van der Waals surface area contributed by atoms with E-state index in [2.05, 4.69) is 4.90 Å². The minimum absolute atomic E-state index is 0.0384. The Labute approximate surface area is 208 Å². The molecule has 1 atom stereocenters. The number of amides is 1. The standard InChI is InChI=1S/C27H28N2O7/c1-34-21-16-18(7-8-19(21)30)24-23(25(31)22-15-17-5-2-3-6-20(17)36-22)26(32)27(33)29(24)10-4-9-28-11-13-35-14-12-28/h2-3,5-8,15-16,24,30,32H,4,9-14H2,1H3. The molecule has 36 heavy (non-hydrogen) atoms. The number of nitrogens with zero attached hydrogens (tertiary/aromatic N) is 2. The van der Waals surface area contributed by atoms with Gasteiger partial charge in [0.05, 0.1) is 31.9 Å². The van der Waals surface area contributed by atoms with Crippen LogP contribution in [0.5, 0.6) is 11.5 Å². The number of aliphatic hydroxyl groups is 1. The fourth-order valence-electron chi connectivity index (χ4n) is 4.84. The summed E-state index contributed by atoms with van der Waals surface area (Å²) in [5.41, 5.74) is 1.02. The van der Waals surface area contributed by atoms with Crippen LogP contribution in [0.3, 0.4) is 0 Å². The molecule has 9 nitrogen and oxygen atoms in total. The van der Waals surface area contributed by atoms with Gasteiger partial charge in [0.1, 0.15) is 5.58 Å². The van der Waals surface area contributed by atoms with Crippen molar-refractivity contribution in [1.29, 1.82) is 0 Å². The summed E-state index contributed by atoms with van der Waals surface area (Å²) in [6, 6.07) is 12.6. The van der Waals surface area contributed by atoms with Crippen LogP contribution in [0.2, 0.25) is 0 Å². The van der Waals surface area contributed by atoms with Gasteiger partial charge in [-0.25, -0.2) is 0 Å². The number of ether oxygens (including phenoxy) is 2. The first-order valence-corrected chi connectivity index (χ1v) is 11.9. The summed E-state index contributed by atoms with van der Waals surface area (Å²) in [5, 5.41) is 21.8. The van der Waals surface area contributed by atoms with E-state index in [1.807, 2.05) is 12.1 Å². The number of furan rings is 1. The molecule has 1 aromatic heterocycles.